The fourth-order valence-corrected chi connectivity index (χ4v) is 3.97. The van der Waals surface area contributed by atoms with Crippen LogP contribution >= 0.6 is 50.6 Å². The molecule has 2 aromatic rings. The molecule has 0 aliphatic carbocycles. The highest BCUT2D eigenvalue weighted by atomic mass is 79.9. The third kappa shape index (κ3) is 2.99. The Hall–Kier alpha value is -0.0700. The fourth-order valence-electron chi connectivity index (χ4n) is 1.09. The predicted molar refractivity (Wildman–Crippen MR) is 71.3 cm³/mol. The minimum absolute atomic E-state index is 0.0600. The maximum absolute atomic E-state index is 9.01. The van der Waals surface area contributed by atoms with Gasteiger partial charge in [-0.25, -0.2) is 4.98 Å². The number of benzene rings is 1. The van der Waals surface area contributed by atoms with Gasteiger partial charge in [0.05, 0.1) is 11.5 Å². The van der Waals surface area contributed by atoms with E-state index in [-0.39, 0.29) is 6.61 Å². The van der Waals surface area contributed by atoms with E-state index in [1.807, 2.05) is 24.3 Å². The maximum Gasteiger partial charge on any atom is 0.156 e. The summed E-state index contributed by atoms with van der Waals surface area (Å²) in [5.74, 6) is 0. The molecule has 2 nitrogen and oxygen atoms in total. The van der Waals surface area contributed by atoms with Gasteiger partial charge in [0.2, 0.25) is 0 Å². The molecule has 0 fully saturated rings. The molecule has 0 amide bonds. The number of rotatable bonds is 3. The van der Waals surface area contributed by atoms with Crippen molar-refractivity contribution < 1.29 is 5.11 Å². The summed E-state index contributed by atoms with van der Waals surface area (Å²) in [6.07, 6.45) is 0. The fraction of sp³-hybridized carbons (Fsp3) is 0.100. The maximum atomic E-state index is 9.01. The average Bonchev–Trinajstić information content (AvgIpc) is 2.58. The van der Waals surface area contributed by atoms with Crippen molar-refractivity contribution >= 4 is 50.6 Å². The van der Waals surface area contributed by atoms with E-state index in [1.165, 1.54) is 23.1 Å². The molecule has 1 aromatic carbocycles. The summed E-state index contributed by atoms with van der Waals surface area (Å²) < 4.78 is 1.87. The molecule has 16 heavy (non-hydrogen) atoms. The van der Waals surface area contributed by atoms with E-state index < -0.39 is 0 Å². The summed E-state index contributed by atoms with van der Waals surface area (Å²) >= 11 is 12.2. The van der Waals surface area contributed by atoms with Crippen molar-refractivity contribution in [1.82, 2.24) is 4.98 Å². The van der Waals surface area contributed by atoms with Crippen molar-refractivity contribution in [2.45, 2.75) is 15.8 Å². The van der Waals surface area contributed by atoms with Crippen molar-refractivity contribution in [2.24, 2.45) is 0 Å². The number of aliphatic hydroxyl groups is 1. The number of aromatic nitrogens is 1. The Bertz CT molecular complexity index is 503. The van der Waals surface area contributed by atoms with E-state index >= 15 is 0 Å². The van der Waals surface area contributed by atoms with E-state index in [9.17, 15) is 0 Å². The standard InChI is InChI=1S/C10H7BrClNOS2/c11-6-2-1-3-7(4-6)15-10-13-9(12)8(5-14)16-10/h1-4,14H,5H2. The van der Waals surface area contributed by atoms with Gasteiger partial charge in [0.1, 0.15) is 5.15 Å². The lowest BCUT2D eigenvalue weighted by Crippen LogP contribution is -1.75. The van der Waals surface area contributed by atoms with Gasteiger partial charge in [-0.1, -0.05) is 45.4 Å². The van der Waals surface area contributed by atoms with Crippen LogP contribution in [0.25, 0.3) is 0 Å². The summed E-state index contributed by atoms with van der Waals surface area (Å²) in [6, 6.07) is 7.95. The summed E-state index contributed by atoms with van der Waals surface area (Å²) in [4.78, 5) is 5.97. The number of aliphatic hydroxyl groups excluding tert-OH is 1. The van der Waals surface area contributed by atoms with Crippen LogP contribution in [0.5, 0.6) is 0 Å². The third-order valence-electron chi connectivity index (χ3n) is 1.77. The molecular weight excluding hydrogens is 330 g/mol. The third-order valence-corrected chi connectivity index (χ3v) is 4.78. The highest BCUT2D eigenvalue weighted by molar-refractivity contribution is 9.10. The van der Waals surface area contributed by atoms with Crippen molar-refractivity contribution in [1.29, 1.82) is 0 Å². The molecule has 0 spiro atoms. The normalized spacial score (nSPS) is 10.7. The summed E-state index contributed by atoms with van der Waals surface area (Å²) in [6.45, 7) is -0.0600. The van der Waals surface area contributed by atoms with Crippen molar-refractivity contribution in [3.8, 4) is 0 Å². The van der Waals surface area contributed by atoms with Crippen LogP contribution in [0.1, 0.15) is 4.88 Å². The molecule has 84 valence electrons. The lowest BCUT2D eigenvalue weighted by Gasteiger charge is -1.97. The first-order valence-corrected chi connectivity index (χ1v) is 7.19. The molecule has 0 bridgehead atoms. The van der Waals surface area contributed by atoms with Crippen LogP contribution in [0.2, 0.25) is 5.15 Å². The molecular formula is C10H7BrClNOS2. The Labute approximate surface area is 115 Å². The lowest BCUT2D eigenvalue weighted by molar-refractivity contribution is 0.285. The van der Waals surface area contributed by atoms with Gasteiger partial charge in [-0.05, 0) is 18.2 Å². The van der Waals surface area contributed by atoms with Gasteiger partial charge in [-0.3, -0.25) is 0 Å². The molecule has 0 aliphatic rings. The Kier molecular flexibility index (Phi) is 4.27. The molecule has 0 atom stereocenters. The van der Waals surface area contributed by atoms with Gasteiger partial charge in [0, 0.05) is 9.37 Å². The Balaban J connectivity index is 2.20. The second-order valence-electron chi connectivity index (χ2n) is 2.91. The molecule has 0 unspecified atom stereocenters. The average molecular weight is 337 g/mol. The number of hydrogen-bond donors (Lipinski definition) is 1. The van der Waals surface area contributed by atoms with E-state index in [1.54, 1.807) is 0 Å². The minimum atomic E-state index is -0.0600. The van der Waals surface area contributed by atoms with Crippen LogP contribution in [0.15, 0.2) is 38.0 Å². The number of halogens is 2. The number of thiazole rings is 1. The zero-order chi connectivity index (χ0) is 11.5. The first-order valence-electron chi connectivity index (χ1n) is 4.38. The molecule has 0 saturated carbocycles. The Morgan fingerprint density at radius 2 is 2.31 bits per heavy atom. The second kappa shape index (κ2) is 5.51. The molecule has 6 heteroatoms. The summed E-state index contributed by atoms with van der Waals surface area (Å²) in [5.41, 5.74) is 0. The first kappa shape index (κ1) is 12.4. The highest BCUT2D eigenvalue weighted by Gasteiger charge is 2.09. The van der Waals surface area contributed by atoms with E-state index in [0.29, 0.717) is 10.0 Å². The van der Waals surface area contributed by atoms with Crippen LogP contribution < -0.4 is 0 Å². The highest BCUT2D eigenvalue weighted by Crippen LogP contribution is 2.35. The molecule has 2 rings (SSSR count). The smallest absolute Gasteiger partial charge is 0.156 e. The van der Waals surface area contributed by atoms with Gasteiger partial charge in [-0.2, -0.15) is 0 Å². The number of nitrogens with zero attached hydrogens (tertiary/aromatic N) is 1. The van der Waals surface area contributed by atoms with Gasteiger partial charge >= 0.3 is 0 Å². The summed E-state index contributed by atoms with van der Waals surface area (Å²) in [7, 11) is 0. The lowest BCUT2D eigenvalue weighted by atomic mass is 10.4. The topological polar surface area (TPSA) is 33.1 Å². The van der Waals surface area contributed by atoms with Crippen LogP contribution in [0, 0.1) is 0 Å². The van der Waals surface area contributed by atoms with Gasteiger partial charge in [0.25, 0.3) is 0 Å². The Morgan fingerprint density at radius 3 is 2.94 bits per heavy atom. The van der Waals surface area contributed by atoms with E-state index in [4.69, 9.17) is 16.7 Å². The quantitative estimate of drug-likeness (QED) is 0.912. The molecule has 0 aliphatic heterocycles. The van der Waals surface area contributed by atoms with Crippen LogP contribution in [-0.4, -0.2) is 10.1 Å². The van der Waals surface area contributed by atoms with Gasteiger partial charge in [0.15, 0.2) is 4.34 Å². The summed E-state index contributed by atoms with van der Waals surface area (Å²) in [5, 5.41) is 9.40. The second-order valence-corrected chi connectivity index (χ2v) is 6.59. The van der Waals surface area contributed by atoms with Crippen LogP contribution in [-0.2, 0) is 6.61 Å². The van der Waals surface area contributed by atoms with Crippen LogP contribution in [0.4, 0.5) is 0 Å². The van der Waals surface area contributed by atoms with Crippen LogP contribution in [0.3, 0.4) is 0 Å². The SMILES string of the molecule is OCc1sc(Sc2cccc(Br)c2)nc1Cl. The zero-order valence-electron chi connectivity index (χ0n) is 7.98. The van der Waals surface area contributed by atoms with E-state index in [2.05, 4.69) is 20.9 Å². The van der Waals surface area contributed by atoms with Gasteiger partial charge in [-0.15, -0.1) is 11.3 Å². The Morgan fingerprint density at radius 1 is 1.50 bits per heavy atom. The number of hydrogen-bond acceptors (Lipinski definition) is 4. The largest absolute Gasteiger partial charge is 0.391 e. The van der Waals surface area contributed by atoms with E-state index in [0.717, 1.165) is 13.7 Å². The van der Waals surface area contributed by atoms with Crippen molar-refractivity contribution in [2.75, 3.05) is 0 Å². The molecule has 1 N–H and O–H groups in total. The molecule has 1 heterocycles. The molecule has 1 aromatic heterocycles. The minimum Gasteiger partial charge on any atom is -0.391 e. The van der Waals surface area contributed by atoms with Gasteiger partial charge < -0.3 is 5.11 Å². The molecule has 0 saturated heterocycles. The van der Waals surface area contributed by atoms with Crippen molar-refractivity contribution in [3.05, 3.63) is 38.8 Å². The first-order chi connectivity index (χ1) is 7.69. The molecule has 0 radical (unpaired) electrons. The zero-order valence-corrected chi connectivity index (χ0v) is 12.0. The predicted octanol–water partition coefficient (Wildman–Crippen LogP) is 4.20. The monoisotopic (exact) mass is 335 g/mol. The van der Waals surface area contributed by atoms with Crippen molar-refractivity contribution in [3.63, 3.8) is 0 Å².